The van der Waals surface area contributed by atoms with Crippen LogP contribution in [0.3, 0.4) is 0 Å². The van der Waals surface area contributed by atoms with Gasteiger partial charge in [0.1, 0.15) is 0 Å². The molecular formula is C8H5FN4. The Balaban J connectivity index is 2.49. The Morgan fingerprint density at radius 2 is 2.08 bits per heavy atom. The van der Waals surface area contributed by atoms with Crippen LogP contribution in [0.15, 0.2) is 34.5 Å². The fourth-order valence-corrected chi connectivity index (χ4v) is 1.11. The zero-order valence-corrected chi connectivity index (χ0v) is 6.55. The first kappa shape index (κ1) is 7.76. The van der Waals surface area contributed by atoms with Crippen molar-refractivity contribution in [2.24, 2.45) is 10.2 Å². The molecule has 0 aromatic heterocycles. The molecule has 1 heterocycles. The standard InChI is InChI=1S/C8H5FN4/c9-8(12-13-8)7-4-2-1-3-6(7)5-11-10/h1-5H. The van der Waals surface area contributed by atoms with Gasteiger partial charge in [-0.2, -0.15) is 9.18 Å². The van der Waals surface area contributed by atoms with E-state index in [1.807, 2.05) is 0 Å². The maximum absolute atomic E-state index is 13.3. The summed E-state index contributed by atoms with van der Waals surface area (Å²) in [5, 5.41) is 6.52. The van der Waals surface area contributed by atoms with E-state index >= 15 is 0 Å². The summed E-state index contributed by atoms with van der Waals surface area (Å²) in [5.41, 5.74) is 9.08. The smallest absolute Gasteiger partial charge is 0.355 e. The van der Waals surface area contributed by atoms with Gasteiger partial charge in [-0.1, -0.05) is 18.2 Å². The molecule has 0 amide bonds. The minimum Gasteiger partial charge on any atom is -0.361 e. The van der Waals surface area contributed by atoms with Gasteiger partial charge in [-0.3, -0.25) is 0 Å². The Hall–Kier alpha value is -1.87. The van der Waals surface area contributed by atoms with Crippen molar-refractivity contribution in [3.8, 4) is 0 Å². The van der Waals surface area contributed by atoms with Gasteiger partial charge in [0.15, 0.2) is 0 Å². The Morgan fingerprint density at radius 3 is 2.69 bits per heavy atom. The van der Waals surface area contributed by atoms with Crippen molar-refractivity contribution in [2.45, 2.75) is 5.92 Å². The molecule has 4 nitrogen and oxygen atoms in total. The first-order chi connectivity index (χ1) is 6.26. The van der Waals surface area contributed by atoms with E-state index in [4.69, 9.17) is 5.53 Å². The Labute approximate surface area is 73.4 Å². The van der Waals surface area contributed by atoms with Gasteiger partial charge in [0, 0.05) is 0 Å². The summed E-state index contributed by atoms with van der Waals surface area (Å²) in [6, 6.07) is 6.57. The van der Waals surface area contributed by atoms with Gasteiger partial charge in [0.25, 0.3) is 6.21 Å². The molecule has 0 unspecified atom stereocenters. The molecule has 1 aromatic carbocycles. The highest BCUT2D eigenvalue weighted by Gasteiger charge is 2.44. The fourth-order valence-electron chi connectivity index (χ4n) is 1.11. The van der Waals surface area contributed by atoms with E-state index in [0.717, 1.165) is 6.21 Å². The number of hydrogen-bond acceptors (Lipinski definition) is 2. The molecular weight excluding hydrogens is 171 g/mol. The predicted molar refractivity (Wildman–Crippen MR) is 42.9 cm³/mol. The van der Waals surface area contributed by atoms with Crippen LogP contribution in [-0.2, 0) is 5.92 Å². The quantitative estimate of drug-likeness (QED) is 0.286. The van der Waals surface area contributed by atoms with E-state index in [-0.39, 0.29) is 0 Å². The molecule has 64 valence electrons. The van der Waals surface area contributed by atoms with Gasteiger partial charge < -0.3 is 5.53 Å². The summed E-state index contributed by atoms with van der Waals surface area (Å²) in [7, 11) is 0. The monoisotopic (exact) mass is 176 g/mol. The highest BCUT2D eigenvalue weighted by molar-refractivity contribution is 5.78. The van der Waals surface area contributed by atoms with Gasteiger partial charge >= 0.3 is 5.92 Å². The van der Waals surface area contributed by atoms with Gasteiger partial charge in [-0.05, 0) is 6.07 Å². The lowest BCUT2D eigenvalue weighted by Gasteiger charge is -2.01. The number of benzene rings is 1. The zero-order valence-electron chi connectivity index (χ0n) is 6.55. The third-order valence-corrected chi connectivity index (χ3v) is 1.78. The van der Waals surface area contributed by atoms with Crippen molar-refractivity contribution < 1.29 is 9.18 Å². The molecule has 0 N–H and O–H groups in total. The molecule has 0 fully saturated rings. The fraction of sp³-hybridized carbons (Fsp3) is 0.125. The van der Waals surface area contributed by atoms with Crippen LogP contribution < -0.4 is 0 Å². The van der Waals surface area contributed by atoms with E-state index in [1.54, 1.807) is 24.3 Å². The van der Waals surface area contributed by atoms with Crippen molar-refractivity contribution in [3.05, 3.63) is 40.9 Å². The van der Waals surface area contributed by atoms with Crippen molar-refractivity contribution in [3.63, 3.8) is 0 Å². The lowest BCUT2D eigenvalue weighted by molar-refractivity contribution is 0.00437. The highest BCUT2D eigenvalue weighted by Crippen LogP contribution is 2.41. The average molecular weight is 176 g/mol. The van der Waals surface area contributed by atoms with Gasteiger partial charge in [0.05, 0.1) is 11.1 Å². The molecule has 0 saturated heterocycles. The molecule has 0 bridgehead atoms. The molecule has 5 heteroatoms. The van der Waals surface area contributed by atoms with Crippen LogP contribution in [0.5, 0.6) is 0 Å². The molecule has 13 heavy (non-hydrogen) atoms. The zero-order chi connectivity index (χ0) is 9.31. The van der Waals surface area contributed by atoms with Crippen molar-refractivity contribution in [1.82, 2.24) is 0 Å². The number of nitrogens with zero attached hydrogens (tertiary/aromatic N) is 4. The number of rotatable bonds is 2. The van der Waals surface area contributed by atoms with Crippen LogP contribution in [0, 0.1) is 0 Å². The molecule has 0 atom stereocenters. The molecule has 1 aliphatic heterocycles. The normalized spacial score (nSPS) is 16.4. The summed E-state index contributed by atoms with van der Waals surface area (Å²) < 4.78 is 13.3. The van der Waals surface area contributed by atoms with Crippen molar-refractivity contribution in [1.29, 1.82) is 0 Å². The maximum Gasteiger partial charge on any atom is 0.355 e. The number of alkyl halides is 1. The van der Waals surface area contributed by atoms with E-state index in [9.17, 15) is 4.39 Å². The van der Waals surface area contributed by atoms with E-state index in [2.05, 4.69) is 15.0 Å². The molecule has 0 aliphatic carbocycles. The summed E-state index contributed by atoms with van der Waals surface area (Å²) in [5.74, 6) is -1.92. The Morgan fingerprint density at radius 1 is 1.38 bits per heavy atom. The van der Waals surface area contributed by atoms with Gasteiger partial charge in [-0.25, -0.2) is 0 Å². The first-order valence-corrected chi connectivity index (χ1v) is 3.66. The number of halogens is 1. The average Bonchev–Trinajstić information content (AvgIpc) is 2.86. The van der Waals surface area contributed by atoms with E-state index in [0.29, 0.717) is 11.1 Å². The van der Waals surface area contributed by atoms with Gasteiger partial charge in [0.2, 0.25) is 0 Å². The second-order valence-electron chi connectivity index (χ2n) is 2.62. The van der Waals surface area contributed by atoms with Crippen LogP contribution in [0.2, 0.25) is 0 Å². The second kappa shape index (κ2) is 2.57. The van der Waals surface area contributed by atoms with Gasteiger partial charge in [-0.15, -0.1) is 10.2 Å². The topological polar surface area (TPSA) is 61.1 Å². The summed E-state index contributed by atoms with van der Waals surface area (Å²) in [6.45, 7) is 0. The van der Waals surface area contributed by atoms with Crippen LogP contribution >= 0.6 is 0 Å². The Bertz CT molecular complexity index is 414. The number of hydrogen-bond donors (Lipinski definition) is 0. The Kier molecular flexibility index (Phi) is 1.53. The minimum absolute atomic E-state index is 0.299. The summed E-state index contributed by atoms with van der Waals surface area (Å²) in [4.78, 5) is 2.83. The molecule has 1 aromatic rings. The van der Waals surface area contributed by atoms with Crippen LogP contribution in [0.1, 0.15) is 11.1 Å². The van der Waals surface area contributed by atoms with Crippen molar-refractivity contribution in [2.75, 3.05) is 0 Å². The second-order valence-corrected chi connectivity index (χ2v) is 2.62. The molecule has 2 rings (SSSR count). The summed E-state index contributed by atoms with van der Waals surface area (Å²) >= 11 is 0. The lowest BCUT2D eigenvalue weighted by Crippen LogP contribution is -2.04. The van der Waals surface area contributed by atoms with Crippen molar-refractivity contribution >= 4 is 6.21 Å². The summed E-state index contributed by atoms with van der Waals surface area (Å²) in [6.07, 6.45) is 1.15. The maximum atomic E-state index is 13.3. The molecule has 0 spiro atoms. The molecule has 1 aliphatic rings. The predicted octanol–water partition coefficient (Wildman–Crippen LogP) is 1.88. The molecule has 0 saturated carbocycles. The lowest BCUT2D eigenvalue weighted by atomic mass is 10.1. The van der Waals surface area contributed by atoms with Crippen LogP contribution in [-0.4, -0.2) is 11.0 Å². The third-order valence-electron chi connectivity index (χ3n) is 1.78. The molecule has 0 radical (unpaired) electrons. The highest BCUT2D eigenvalue weighted by atomic mass is 19.2. The third kappa shape index (κ3) is 1.25. The minimum atomic E-state index is -1.92. The van der Waals surface area contributed by atoms with Crippen LogP contribution in [0.4, 0.5) is 4.39 Å². The van der Waals surface area contributed by atoms with Crippen LogP contribution in [0.25, 0.3) is 5.53 Å². The first-order valence-electron chi connectivity index (χ1n) is 3.66. The SMILES string of the molecule is [N-]=[N+]=Cc1ccccc1C1(F)N=N1. The van der Waals surface area contributed by atoms with E-state index < -0.39 is 5.92 Å². The largest absolute Gasteiger partial charge is 0.361 e. The van der Waals surface area contributed by atoms with E-state index in [1.165, 1.54) is 0 Å².